The predicted molar refractivity (Wildman–Crippen MR) is 52.9 cm³/mol. The predicted octanol–water partition coefficient (Wildman–Crippen LogP) is 0.713. The van der Waals surface area contributed by atoms with Gasteiger partial charge in [0.15, 0.2) is 9.84 Å². The first-order valence-corrected chi connectivity index (χ1v) is 7.41. The molecule has 0 spiro atoms. The second kappa shape index (κ2) is 4.39. The lowest BCUT2D eigenvalue weighted by atomic mass is 10.5. The van der Waals surface area contributed by atoms with E-state index in [2.05, 4.69) is 9.17 Å². The van der Waals surface area contributed by atoms with Crippen LogP contribution >= 0.6 is 0 Å². The molecule has 0 atom stereocenters. The zero-order valence-corrected chi connectivity index (χ0v) is 10.3. The zero-order valence-electron chi connectivity index (χ0n) is 8.67. The Morgan fingerprint density at radius 1 is 1.22 bits per heavy atom. The molecule has 0 fully saturated rings. The summed E-state index contributed by atoms with van der Waals surface area (Å²) in [6.45, 7) is 0. The van der Waals surface area contributed by atoms with Crippen LogP contribution in [0.4, 0.5) is 13.2 Å². The molecule has 0 N–H and O–H groups in total. The minimum absolute atomic E-state index is 0.678. The first kappa shape index (κ1) is 14.7. The van der Waals surface area contributed by atoms with Crippen LogP contribution in [0.1, 0.15) is 0 Å². The summed E-state index contributed by atoms with van der Waals surface area (Å²) in [7, 11) is -9.93. The molecule has 0 bridgehead atoms. The average Bonchev–Trinajstić information content (AvgIpc) is 2.14. The van der Waals surface area contributed by atoms with Crippen LogP contribution in [0.2, 0.25) is 0 Å². The van der Waals surface area contributed by atoms with Crippen LogP contribution in [-0.4, -0.2) is 33.6 Å². The Morgan fingerprint density at radius 2 is 1.78 bits per heavy atom. The number of hydrogen-bond acceptors (Lipinski definition) is 6. The minimum Gasteiger partial charge on any atom is -0.354 e. The molecule has 0 amide bonds. The van der Waals surface area contributed by atoms with Gasteiger partial charge < -0.3 is 4.18 Å². The lowest BCUT2D eigenvalue weighted by Gasteiger charge is -2.10. The van der Waals surface area contributed by atoms with Crippen molar-refractivity contribution in [3.63, 3.8) is 0 Å². The second-order valence-corrected chi connectivity index (χ2v) is 6.58. The number of alkyl halides is 3. The van der Waals surface area contributed by atoms with E-state index in [1.54, 1.807) is 0 Å². The van der Waals surface area contributed by atoms with Gasteiger partial charge in [0, 0.05) is 12.5 Å². The monoisotopic (exact) mass is 305 g/mol. The van der Waals surface area contributed by atoms with Gasteiger partial charge in [0.2, 0.25) is 0 Å². The third kappa shape index (κ3) is 3.10. The van der Waals surface area contributed by atoms with E-state index in [0.717, 1.165) is 18.3 Å². The van der Waals surface area contributed by atoms with Crippen LogP contribution < -0.4 is 4.18 Å². The molecule has 6 nitrogen and oxygen atoms in total. The maximum absolute atomic E-state index is 12.1. The van der Waals surface area contributed by atoms with Crippen LogP contribution in [0.3, 0.4) is 0 Å². The number of aromatic nitrogens is 1. The number of sulfone groups is 1. The largest absolute Gasteiger partial charge is 0.534 e. The van der Waals surface area contributed by atoms with Crippen molar-refractivity contribution in [2.24, 2.45) is 0 Å². The van der Waals surface area contributed by atoms with Crippen LogP contribution in [0, 0.1) is 0 Å². The number of nitrogens with zero attached hydrogens (tertiary/aromatic N) is 1. The van der Waals surface area contributed by atoms with Gasteiger partial charge >= 0.3 is 15.6 Å². The lowest BCUT2D eigenvalue weighted by molar-refractivity contribution is -0.0502. The highest BCUT2D eigenvalue weighted by molar-refractivity contribution is 7.91. The van der Waals surface area contributed by atoms with E-state index in [1.165, 1.54) is 0 Å². The fraction of sp³-hybridized carbons (Fsp3) is 0.286. The number of pyridine rings is 1. The average molecular weight is 305 g/mol. The second-order valence-electron chi connectivity index (χ2n) is 3.06. The SMILES string of the molecule is CS(=O)(=O)c1cccnc1OS(=O)(=O)C(F)(F)F. The molecule has 11 heteroatoms. The number of hydrogen-bond donors (Lipinski definition) is 0. The third-order valence-corrected chi connectivity index (χ3v) is 3.66. The molecule has 1 rings (SSSR count). The summed E-state index contributed by atoms with van der Waals surface area (Å²) in [5, 5.41) is 0. The summed E-state index contributed by atoms with van der Waals surface area (Å²) in [4.78, 5) is 2.41. The Morgan fingerprint density at radius 3 is 2.22 bits per heavy atom. The Kier molecular flexibility index (Phi) is 3.58. The molecule has 0 unspecified atom stereocenters. The Bertz CT molecular complexity index is 650. The van der Waals surface area contributed by atoms with E-state index in [4.69, 9.17) is 0 Å². The van der Waals surface area contributed by atoms with Crippen LogP contribution in [0.5, 0.6) is 5.88 Å². The highest BCUT2D eigenvalue weighted by atomic mass is 32.2. The van der Waals surface area contributed by atoms with Gasteiger partial charge in [0.25, 0.3) is 5.88 Å². The lowest BCUT2D eigenvalue weighted by Crippen LogP contribution is -2.28. The van der Waals surface area contributed by atoms with E-state index in [1.807, 2.05) is 0 Å². The Labute approximate surface area is 100 Å². The third-order valence-electron chi connectivity index (χ3n) is 1.61. The van der Waals surface area contributed by atoms with Crippen molar-refractivity contribution >= 4 is 20.0 Å². The normalized spacial score (nSPS) is 13.3. The van der Waals surface area contributed by atoms with Crippen molar-refractivity contribution in [3.8, 4) is 5.88 Å². The van der Waals surface area contributed by atoms with Crippen molar-refractivity contribution in [2.45, 2.75) is 10.4 Å². The molecule has 1 heterocycles. The molecule has 0 aliphatic carbocycles. The van der Waals surface area contributed by atoms with Gasteiger partial charge in [0.05, 0.1) is 0 Å². The van der Waals surface area contributed by atoms with Gasteiger partial charge in [-0.1, -0.05) is 0 Å². The van der Waals surface area contributed by atoms with Gasteiger partial charge in [-0.15, -0.1) is 0 Å². The Hall–Kier alpha value is -1.36. The molecule has 102 valence electrons. The Balaban J connectivity index is 3.31. The highest BCUT2D eigenvalue weighted by Gasteiger charge is 2.49. The summed E-state index contributed by atoms with van der Waals surface area (Å²) < 4.78 is 83.7. The van der Waals surface area contributed by atoms with Gasteiger partial charge in [-0.05, 0) is 12.1 Å². The maximum atomic E-state index is 12.1. The van der Waals surface area contributed by atoms with Gasteiger partial charge in [-0.2, -0.15) is 21.6 Å². The summed E-state index contributed by atoms with van der Waals surface area (Å²) in [6, 6.07) is 1.99. The molecule has 1 aromatic rings. The minimum atomic E-state index is -5.96. The summed E-state index contributed by atoms with van der Waals surface area (Å²) in [6.07, 6.45) is 1.58. The molecular weight excluding hydrogens is 299 g/mol. The fourth-order valence-corrected chi connectivity index (χ4v) is 2.10. The smallest absolute Gasteiger partial charge is 0.354 e. The first-order chi connectivity index (χ1) is 7.95. The molecule has 0 saturated heterocycles. The van der Waals surface area contributed by atoms with E-state index in [9.17, 15) is 30.0 Å². The van der Waals surface area contributed by atoms with Gasteiger partial charge in [-0.25, -0.2) is 13.4 Å². The molecule has 0 saturated carbocycles. The zero-order chi connectivity index (χ0) is 14.2. The quantitative estimate of drug-likeness (QED) is 0.603. The van der Waals surface area contributed by atoms with E-state index in [-0.39, 0.29) is 0 Å². The molecule has 0 radical (unpaired) electrons. The fourth-order valence-electron chi connectivity index (χ4n) is 0.872. The van der Waals surface area contributed by atoms with Crippen LogP contribution in [-0.2, 0) is 20.0 Å². The van der Waals surface area contributed by atoms with E-state index in [0.29, 0.717) is 6.26 Å². The van der Waals surface area contributed by atoms with Crippen LogP contribution in [0.25, 0.3) is 0 Å². The van der Waals surface area contributed by atoms with E-state index >= 15 is 0 Å². The summed E-state index contributed by atoms with van der Waals surface area (Å²) >= 11 is 0. The van der Waals surface area contributed by atoms with Crippen molar-refractivity contribution in [1.29, 1.82) is 0 Å². The molecular formula is C7H6F3NO5S2. The molecule has 0 aromatic carbocycles. The van der Waals surface area contributed by atoms with Crippen molar-refractivity contribution in [1.82, 2.24) is 4.98 Å². The molecule has 0 aliphatic rings. The molecule has 18 heavy (non-hydrogen) atoms. The summed E-state index contributed by atoms with van der Waals surface area (Å²) in [5.41, 5.74) is -5.67. The van der Waals surface area contributed by atoms with E-state index < -0.39 is 36.2 Å². The van der Waals surface area contributed by atoms with Gasteiger partial charge in [-0.3, -0.25) is 0 Å². The first-order valence-electron chi connectivity index (χ1n) is 4.11. The molecule has 0 aliphatic heterocycles. The number of halogens is 3. The van der Waals surface area contributed by atoms with Crippen molar-refractivity contribution in [3.05, 3.63) is 18.3 Å². The maximum Gasteiger partial charge on any atom is 0.534 e. The standard InChI is InChI=1S/C7H6F3NO5S2/c1-17(12,13)5-3-2-4-11-6(5)16-18(14,15)7(8,9)10/h2-4H,1H3. The van der Waals surface area contributed by atoms with Crippen molar-refractivity contribution < 1.29 is 34.2 Å². The van der Waals surface area contributed by atoms with Crippen molar-refractivity contribution in [2.75, 3.05) is 6.26 Å². The van der Waals surface area contributed by atoms with Gasteiger partial charge in [0.1, 0.15) is 4.90 Å². The number of rotatable bonds is 3. The summed E-state index contributed by atoms with van der Waals surface area (Å²) in [5.74, 6) is -1.14. The highest BCUT2D eigenvalue weighted by Crippen LogP contribution is 2.29. The topological polar surface area (TPSA) is 90.4 Å². The molecule has 1 aromatic heterocycles. The van der Waals surface area contributed by atoms with Crippen LogP contribution in [0.15, 0.2) is 23.2 Å².